The van der Waals surface area contributed by atoms with E-state index in [1.807, 2.05) is 0 Å². The maximum Gasteiger partial charge on any atom is 0.306 e. The highest BCUT2D eigenvalue weighted by molar-refractivity contribution is 5.77. The average Bonchev–Trinajstić information content (AvgIpc) is 3.24. The zero-order valence-electron chi connectivity index (χ0n) is 40.4. The smallest absolute Gasteiger partial charge is 0.306 e. The van der Waals surface area contributed by atoms with Crippen LogP contribution >= 0.6 is 0 Å². The van der Waals surface area contributed by atoms with Crippen molar-refractivity contribution in [2.45, 2.75) is 302 Å². The number of unbranched alkanes of at least 4 members (excludes halogenated alkanes) is 32. The zero-order valence-corrected chi connectivity index (χ0v) is 40.4. The number of hydrogen-bond donors (Lipinski definition) is 3. The molecule has 6 nitrogen and oxygen atoms in total. The van der Waals surface area contributed by atoms with Crippen molar-refractivity contribution in [3.05, 3.63) is 24.3 Å². The number of carbonyl (C=O) groups is 2. The molecule has 0 aromatic heterocycles. The molecule has 0 fully saturated rings. The number of allylic oxidation sites excluding steroid dienone is 4. The Hall–Kier alpha value is -1.66. The van der Waals surface area contributed by atoms with E-state index < -0.39 is 18.2 Å². The topological polar surface area (TPSA) is 95.9 Å². The van der Waals surface area contributed by atoms with Gasteiger partial charge in [0.15, 0.2) is 0 Å². The van der Waals surface area contributed by atoms with Crippen molar-refractivity contribution in [1.29, 1.82) is 0 Å². The minimum Gasteiger partial charge on any atom is -0.462 e. The lowest BCUT2D eigenvalue weighted by Crippen LogP contribution is -2.46. The first kappa shape index (κ1) is 58.3. The lowest BCUT2D eigenvalue weighted by molar-refractivity contribution is -0.151. The fourth-order valence-corrected chi connectivity index (χ4v) is 8.19. The molecule has 0 aliphatic rings. The van der Waals surface area contributed by atoms with Crippen LogP contribution in [0.1, 0.15) is 284 Å². The first-order chi connectivity index (χ1) is 29.5. The summed E-state index contributed by atoms with van der Waals surface area (Å²) in [6.07, 6.45) is 55.3. The van der Waals surface area contributed by atoms with E-state index in [4.69, 9.17) is 4.74 Å². The van der Waals surface area contributed by atoms with Gasteiger partial charge in [-0.25, -0.2) is 0 Å². The molecule has 0 aromatic carbocycles. The molecule has 0 spiro atoms. The Balaban J connectivity index is 4.54. The van der Waals surface area contributed by atoms with Crippen molar-refractivity contribution >= 4 is 11.9 Å². The normalized spacial score (nSPS) is 13.3. The van der Waals surface area contributed by atoms with Crippen molar-refractivity contribution in [3.8, 4) is 0 Å². The molecule has 3 unspecified atom stereocenters. The van der Waals surface area contributed by atoms with Crippen molar-refractivity contribution < 1.29 is 24.5 Å². The lowest BCUT2D eigenvalue weighted by Gasteiger charge is -2.24. The average molecular weight is 846 g/mol. The van der Waals surface area contributed by atoms with Gasteiger partial charge in [0.2, 0.25) is 5.91 Å². The van der Waals surface area contributed by atoms with Gasteiger partial charge < -0.3 is 20.3 Å². The summed E-state index contributed by atoms with van der Waals surface area (Å²) in [5, 5.41) is 23.7. The third-order valence-corrected chi connectivity index (χ3v) is 12.3. The molecular weight excluding hydrogens is 743 g/mol. The van der Waals surface area contributed by atoms with E-state index in [2.05, 4.69) is 50.4 Å². The van der Waals surface area contributed by atoms with Gasteiger partial charge in [0.1, 0.15) is 6.10 Å². The zero-order chi connectivity index (χ0) is 43.8. The van der Waals surface area contributed by atoms with E-state index in [9.17, 15) is 19.8 Å². The van der Waals surface area contributed by atoms with Gasteiger partial charge in [0, 0.05) is 6.42 Å². The summed E-state index contributed by atoms with van der Waals surface area (Å²) in [7, 11) is 0. The predicted molar refractivity (Wildman–Crippen MR) is 260 cm³/mol. The number of hydrogen-bond acceptors (Lipinski definition) is 5. The van der Waals surface area contributed by atoms with Crippen LogP contribution in [0.15, 0.2) is 24.3 Å². The molecule has 0 aliphatic carbocycles. The minimum atomic E-state index is -0.788. The van der Waals surface area contributed by atoms with Crippen LogP contribution in [0.5, 0.6) is 0 Å². The number of amides is 1. The van der Waals surface area contributed by atoms with Gasteiger partial charge in [-0.3, -0.25) is 9.59 Å². The van der Waals surface area contributed by atoms with Crippen molar-refractivity contribution in [3.63, 3.8) is 0 Å². The number of aliphatic hydroxyl groups excluding tert-OH is 2. The third-order valence-electron chi connectivity index (χ3n) is 12.3. The van der Waals surface area contributed by atoms with Gasteiger partial charge in [-0.15, -0.1) is 0 Å². The van der Waals surface area contributed by atoms with Crippen LogP contribution in [0.3, 0.4) is 0 Å². The van der Waals surface area contributed by atoms with Crippen molar-refractivity contribution in [1.82, 2.24) is 5.32 Å². The molecule has 60 heavy (non-hydrogen) atoms. The fraction of sp³-hybridized carbons (Fsp3) is 0.889. The molecule has 354 valence electrons. The van der Waals surface area contributed by atoms with Gasteiger partial charge in [0.05, 0.1) is 25.2 Å². The van der Waals surface area contributed by atoms with E-state index >= 15 is 0 Å². The third kappa shape index (κ3) is 43.0. The number of ether oxygens (including phenoxy) is 1. The predicted octanol–water partition coefficient (Wildman–Crippen LogP) is 15.9. The quantitative estimate of drug-likeness (QED) is 0.0322. The Labute approximate surface area is 373 Å². The second kappa shape index (κ2) is 48.4. The molecule has 0 heterocycles. The van der Waals surface area contributed by atoms with Gasteiger partial charge in [-0.2, -0.15) is 0 Å². The molecule has 0 saturated carbocycles. The summed E-state index contributed by atoms with van der Waals surface area (Å²) >= 11 is 0. The molecule has 0 rings (SSSR count). The Morgan fingerprint density at radius 3 is 1.20 bits per heavy atom. The summed E-state index contributed by atoms with van der Waals surface area (Å²) in [6.45, 7) is 6.47. The largest absolute Gasteiger partial charge is 0.462 e. The van der Waals surface area contributed by atoms with Crippen LogP contribution in [0, 0.1) is 0 Å². The van der Waals surface area contributed by atoms with Gasteiger partial charge >= 0.3 is 5.97 Å². The highest BCUT2D eigenvalue weighted by atomic mass is 16.5. The second-order valence-electron chi connectivity index (χ2n) is 18.3. The van der Waals surface area contributed by atoms with E-state index in [-0.39, 0.29) is 24.9 Å². The standard InChI is InChI=1S/C54H103NO5/c1-4-7-10-13-16-19-21-23-25-26-27-28-30-32-35-38-41-44-47-54(59)60-50(45-42-39-36-34-31-29-24-22-20-17-14-11-8-5-2)48-53(58)55-51(49-56)52(57)46-43-40-37-33-18-15-12-9-6-3/h27-29,31,50-52,56-57H,4-26,30,32-49H2,1-3H3,(H,55,58)/b28-27+,31-29+. The summed E-state index contributed by atoms with van der Waals surface area (Å²) in [5.41, 5.74) is 0. The molecule has 3 N–H and O–H groups in total. The highest BCUT2D eigenvalue weighted by Crippen LogP contribution is 2.18. The minimum absolute atomic E-state index is 0.0674. The molecule has 0 aliphatic heterocycles. The van der Waals surface area contributed by atoms with Crippen LogP contribution in [-0.2, 0) is 14.3 Å². The van der Waals surface area contributed by atoms with Crippen molar-refractivity contribution in [2.24, 2.45) is 0 Å². The molecule has 0 aromatic rings. The molecule has 0 bridgehead atoms. The van der Waals surface area contributed by atoms with E-state index in [0.717, 1.165) is 70.6 Å². The molecule has 0 radical (unpaired) electrons. The summed E-state index contributed by atoms with van der Waals surface area (Å²) in [4.78, 5) is 26.1. The maximum atomic E-state index is 13.2. The van der Waals surface area contributed by atoms with E-state index in [1.54, 1.807) is 0 Å². The number of rotatable bonds is 48. The Morgan fingerprint density at radius 2 is 0.800 bits per heavy atom. The molecule has 1 amide bonds. The number of carbonyl (C=O) groups excluding carboxylic acids is 2. The molecule has 0 saturated heterocycles. The van der Waals surface area contributed by atoms with Gasteiger partial charge in [-0.1, -0.05) is 218 Å². The van der Waals surface area contributed by atoms with Gasteiger partial charge in [-0.05, 0) is 77.0 Å². The maximum absolute atomic E-state index is 13.2. The Kier molecular flexibility index (Phi) is 47.0. The van der Waals surface area contributed by atoms with Crippen LogP contribution in [0.4, 0.5) is 0 Å². The lowest BCUT2D eigenvalue weighted by atomic mass is 10.0. The Morgan fingerprint density at radius 1 is 0.467 bits per heavy atom. The molecule has 6 heteroatoms. The van der Waals surface area contributed by atoms with Crippen LogP contribution in [0.2, 0.25) is 0 Å². The highest BCUT2D eigenvalue weighted by Gasteiger charge is 2.24. The number of esters is 1. The van der Waals surface area contributed by atoms with Gasteiger partial charge in [0.25, 0.3) is 0 Å². The van der Waals surface area contributed by atoms with Crippen LogP contribution in [0.25, 0.3) is 0 Å². The monoisotopic (exact) mass is 846 g/mol. The fourth-order valence-electron chi connectivity index (χ4n) is 8.19. The first-order valence-electron chi connectivity index (χ1n) is 26.6. The van der Waals surface area contributed by atoms with E-state index in [1.165, 1.54) is 167 Å². The van der Waals surface area contributed by atoms with Crippen LogP contribution in [-0.4, -0.2) is 46.9 Å². The Bertz CT molecular complexity index is 950. The number of nitrogens with one attached hydrogen (secondary N) is 1. The van der Waals surface area contributed by atoms with Crippen LogP contribution < -0.4 is 5.32 Å². The summed E-state index contributed by atoms with van der Waals surface area (Å²) in [6, 6.07) is -0.703. The first-order valence-corrected chi connectivity index (χ1v) is 26.6. The SMILES string of the molecule is CCCCCCCCC/C=C/CCCCCC(CC(=O)NC(CO)C(O)CCCCCCCCCCC)OC(=O)CCCCCCC/C=C/CCCCCCCCCCC. The molecule has 3 atom stereocenters. The summed E-state index contributed by atoms with van der Waals surface area (Å²) in [5.74, 6) is -0.488. The number of aliphatic hydroxyl groups is 2. The second-order valence-corrected chi connectivity index (χ2v) is 18.3. The molecular formula is C54H103NO5. The van der Waals surface area contributed by atoms with Crippen molar-refractivity contribution in [2.75, 3.05) is 6.61 Å². The summed E-state index contributed by atoms with van der Waals surface area (Å²) < 4.78 is 5.93. The van der Waals surface area contributed by atoms with E-state index in [0.29, 0.717) is 19.3 Å².